The summed E-state index contributed by atoms with van der Waals surface area (Å²) >= 11 is 0. The maximum absolute atomic E-state index is 12.0. The van der Waals surface area contributed by atoms with Crippen LogP contribution in [0.25, 0.3) is 0 Å². The number of carbonyl (C=O) groups is 2. The van der Waals surface area contributed by atoms with Crippen LogP contribution in [0.2, 0.25) is 0 Å². The van der Waals surface area contributed by atoms with Gasteiger partial charge in [0.2, 0.25) is 5.91 Å². The first-order valence-electron chi connectivity index (χ1n) is 8.39. The molecule has 0 aliphatic rings. The lowest BCUT2D eigenvalue weighted by atomic mass is 10.2. The summed E-state index contributed by atoms with van der Waals surface area (Å²) in [5.41, 5.74) is 1.68. The quantitative estimate of drug-likeness (QED) is 0.530. The highest BCUT2D eigenvalue weighted by Gasteiger charge is 2.15. The number of nitrogens with zero attached hydrogens (tertiary/aromatic N) is 1. The Morgan fingerprint density at radius 3 is 2.54 bits per heavy atom. The molecule has 0 atom stereocenters. The second kappa shape index (κ2) is 9.36. The second-order valence-corrected chi connectivity index (χ2v) is 5.97. The molecule has 0 bridgehead atoms. The SMILES string of the molecule is COc1ccc(C)cc1NC(=O)CNC(=O)COc1cccc([N+](=O)[O-])c1C. The summed E-state index contributed by atoms with van der Waals surface area (Å²) in [5, 5.41) is 16.0. The molecule has 0 spiro atoms. The first kappa shape index (κ1) is 20.7. The maximum Gasteiger partial charge on any atom is 0.276 e. The predicted molar refractivity (Wildman–Crippen MR) is 103 cm³/mol. The van der Waals surface area contributed by atoms with Gasteiger partial charge in [0.25, 0.3) is 11.6 Å². The summed E-state index contributed by atoms with van der Waals surface area (Å²) in [5.74, 6) is -0.214. The van der Waals surface area contributed by atoms with E-state index in [9.17, 15) is 19.7 Å². The molecule has 9 nitrogen and oxygen atoms in total. The predicted octanol–water partition coefficient (Wildman–Crippen LogP) is 2.35. The van der Waals surface area contributed by atoms with E-state index in [1.807, 2.05) is 13.0 Å². The van der Waals surface area contributed by atoms with Crippen molar-refractivity contribution < 1.29 is 24.0 Å². The number of hydrogen-bond acceptors (Lipinski definition) is 6. The van der Waals surface area contributed by atoms with Crippen molar-refractivity contribution in [2.75, 3.05) is 25.6 Å². The number of methoxy groups -OCH3 is 1. The topological polar surface area (TPSA) is 120 Å². The van der Waals surface area contributed by atoms with Crippen LogP contribution in [0.4, 0.5) is 11.4 Å². The third-order valence-electron chi connectivity index (χ3n) is 3.89. The largest absolute Gasteiger partial charge is 0.495 e. The van der Waals surface area contributed by atoms with E-state index >= 15 is 0 Å². The van der Waals surface area contributed by atoms with Crippen molar-refractivity contribution in [2.24, 2.45) is 0 Å². The zero-order valence-electron chi connectivity index (χ0n) is 15.8. The molecule has 0 radical (unpaired) electrons. The molecule has 28 heavy (non-hydrogen) atoms. The molecule has 2 rings (SSSR count). The van der Waals surface area contributed by atoms with Gasteiger partial charge in [-0.3, -0.25) is 19.7 Å². The van der Waals surface area contributed by atoms with E-state index in [4.69, 9.17) is 9.47 Å². The smallest absolute Gasteiger partial charge is 0.276 e. The standard InChI is InChI=1S/C19H21N3O6/c1-12-7-8-17(27-3)14(9-12)21-18(23)10-20-19(24)11-28-16-6-4-5-15(13(16)2)22(25)26/h4-9H,10-11H2,1-3H3,(H,20,24)(H,21,23). The van der Waals surface area contributed by atoms with Gasteiger partial charge in [-0.15, -0.1) is 0 Å². The van der Waals surface area contributed by atoms with Crippen molar-refractivity contribution in [1.29, 1.82) is 0 Å². The van der Waals surface area contributed by atoms with Crippen LogP contribution in [0.1, 0.15) is 11.1 Å². The normalized spacial score (nSPS) is 10.1. The lowest BCUT2D eigenvalue weighted by Crippen LogP contribution is -2.35. The van der Waals surface area contributed by atoms with Crippen LogP contribution in [-0.4, -0.2) is 37.0 Å². The number of nitro groups is 1. The average Bonchev–Trinajstić information content (AvgIpc) is 2.65. The van der Waals surface area contributed by atoms with Gasteiger partial charge in [-0.1, -0.05) is 12.1 Å². The lowest BCUT2D eigenvalue weighted by Gasteiger charge is -2.12. The molecular weight excluding hydrogens is 366 g/mol. The number of amides is 2. The Bertz CT molecular complexity index is 897. The van der Waals surface area contributed by atoms with Crippen LogP contribution in [0.5, 0.6) is 11.5 Å². The summed E-state index contributed by atoms with van der Waals surface area (Å²) in [4.78, 5) is 34.4. The molecule has 0 aliphatic heterocycles. The number of aryl methyl sites for hydroxylation is 1. The summed E-state index contributed by atoms with van der Waals surface area (Å²) in [6.45, 7) is 2.79. The number of carbonyl (C=O) groups excluding carboxylic acids is 2. The van der Waals surface area contributed by atoms with Crippen LogP contribution >= 0.6 is 0 Å². The summed E-state index contributed by atoms with van der Waals surface area (Å²) < 4.78 is 10.5. The molecule has 2 aromatic carbocycles. The Balaban J connectivity index is 1.86. The number of anilines is 1. The van der Waals surface area contributed by atoms with Gasteiger partial charge in [0.05, 0.1) is 29.8 Å². The third-order valence-corrected chi connectivity index (χ3v) is 3.89. The first-order chi connectivity index (χ1) is 13.3. The summed E-state index contributed by atoms with van der Waals surface area (Å²) in [6.07, 6.45) is 0. The fraction of sp³-hybridized carbons (Fsp3) is 0.263. The van der Waals surface area contributed by atoms with Crippen molar-refractivity contribution in [3.63, 3.8) is 0 Å². The lowest BCUT2D eigenvalue weighted by molar-refractivity contribution is -0.385. The Kier molecular flexibility index (Phi) is 6.91. The number of nitrogens with one attached hydrogen (secondary N) is 2. The molecule has 2 amide bonds. The molecule has 0 unspecified atom stereocenters. The van der Waals surface area contributed by atoms with E-state index in [1.54, 1.807) is 12.1 Å². The molecule has 0 saturated heterocycles. The molecule has 0 saturated carbocycles. The average molecular weight is 387 g/mol. The Hall–Kier alpha value is -3.62. The zero-order valence-corrected chi connectivity index (χ0v) is 15.8. The highest BCUT2D eigenvalue weighted by molar-refractivity contribution is 5.95. The van der Waals surface area contributed by atoms with Crippen LogP contribution in [0, 0.1) is 24.0 Å². The molecule has 2 N–H and O–H groups in total. The van der Waals surface area contributed by atoms with Crippen LogP contribution < -0.4 is 20.1 Å². The van der Waals surface area contributed by atoms with Crippen molar-refractivity contribution >= 4 is 23.2 Å². The first-order valence-corrected chi connectivity index (χ1v) is 8.39. The van der Waals surface area contributed by atoms with Gasteiger partial charge in [-0.25, -0.2) is 0 Å². The monoisotopic (exact) mass is 387 g/mol. The minimum atomic E-state index is -0.530. The minimum absolute atomic E-state index is 0.0932. The van der Waals surface area contributed by atoms with Crippen molar-refractivity contribution in [3.8, 4) is 11.5 Å². The number of nitro benzene ring substituents is 1. The van der Waals surface area contributed by atoms with Crippen molar-refractivity contribution in [2.45, 2.75) is 13.8 Å². The summed E-state index contributed by atoms with van der Waals surface area (Å²) in [7, 11) is 1.50. The Morgan fingerprint density at radius 2 is 1.86 bits per heavy atom. The Morgan fingerprint density at radius 1 is 1.11 bits per heavy atom. The fourth-order valence-corrected chi connectivity index (χ4v) is 2.44. The van der Waals surface area contributed by atoms with E-state index in [1.165, 1.54) is 32.2 Å². The highest BCUT2D eigenvalue weighted by atomic mass is 16.6. The molecule has 2 aromatic rings. The van der Waals surface area contributed by atoms with Gasteiger partial charge in [0.15, 0.2) is 6.61 Å². The number of rotatable bonds is 8. The Labute approximate surface area is 161 Å². The fourth-order valence-electron chi connectivity index (χ4n) is 2.44. The van der Waals surface area contributed by atoms with Crippen molar-refractivity contribution in [3.05, 3.63) is 57.6 Å². The summed E-state index contributed by atoms with van der Waals surface area (Å²) in [6, 6.07) is 9.70. The number of ether oxygens (including phenoxy) is 2. The highest BCUT2D eigenvalue weighted by Crippen LogP contribution is 2.27. The molecule has 0 aromatic heterocycles. The van der Waals surface area contributed by atoms with E-state index in [-0.39, 0.29) is 24.6 Å². The van der Waals surface area contributed by atoms with Crippen molar-refractivity contribution in [1.82, 2.24) is 5.32 Å². The van der Waals surface area contributed by atoms with Crippen LogP contribution in [0.15, 0.2) is 36.4 Å². The van der Waals surface area contributed by atoms with Gasteiger partial charge < -0.3 is 20.1 Å². The molecule has 148 valence electrons. The second-order valence-electron chi connectivity index (χ2n) is 5.97. The van der Waals surface area contributed by atoms with E-state index in [2.05, 4.69) is 10.6 Å². The van der Waals surface area contributed by atoms with Gasteiger partial charge in [0.1, 0.15) is 11.5 Å². The van der Waals surface area contributed by atoms with Gasteiger partial charge in [-0.2, -0.15) is 0 Å². The van der Waals surface area contributed by atoms with Gasteiger partial charge in [-0.05, 0) is 37.6 Å². The number of hydrogen-bond donors (Lipinski definition) is 2. The molecule has 0 aliphatic carbocycles. The molecule has 9 heteroatoms. The third kappa shape index (κ3) is 5.44. The van der Waals surface area contributed by atoms with Crippen LogP contribution in [0.3, 0.4) is 0 Å². The number of benzene rings is 2. The minimum Gasteiger partial charge on any atom is -0.495 e. The van der Waals surface area contributed by atoms with E-state index < -0.39 is 16.7 Å². The van der Waals surface area contributed by atoms with E-state index in [0.29, 0.717) is 17.0 Å². The maximum atomic E-state index is 12.0. The van der Waals surface area contributed by atoms with Crippen LogP contribution in [-0.2, 0) is 9.59 Å². The molecule has 0 fully saturated rings. The van der Waals surface area contributed by atoms with E-state index in [0.717, 1.165) is 5.56 Å². The molecular formula is C19H21N3O6. The van der Waals surface area contributed by atoms with Gasteiger partial charge in [0, 0.05) is 6.07 Å². The van der Waals surface area contributed by atoms with Gasteiger partial charge >= 0.3 is 0 Å². The zero-order chi connectivity index (χ0) is 20.7. The molecule has 0 heterocycles.